The van der Waals surface area contributed by atoms with Gasteiger partial charge in [0.25, 0.3) is 0 Å². The smallest absolute Gasteiger partial charge is 0.242 e. The number of carbonyl (C=O) groups is 2. The Bertz CT molecular complexity index is 687. The summed E-state index contributed by atoms with van der Waals surface area (Å²) in [6.07, 6.45) is 38.5. The van der Waals surface area contributed by atoms with Crippen molar-refractivity contribution in [3.63, 3.8) is 0 Å². The summed E-state index contributed by atoms with van der Waals surface area (Å²) in [7, 11) is 1.88. The van der Waals surface area contributed by atoms with E-state index in [4.69, 9.17) is 0 Å². The van der Waals surface area contributed by atoms with Crippen molar-refractivity contribution in [3.05, 3.63) is 17.9 Å². The van der Waals surface area contributed by atoms with Crippen molar-refractivity contribution in [2.45, 2.75) is 200 Å². The molecule has 3 N–H and O–H groups in total. The summed E-state index contributed by atoms with van der Waals surface area (Å²) in [6, 6.07) is -0.449. The number of hydrogen-bond donors (Lipinski definition) is 3. The molecule has 5 nitrogen and oxygen atoms in total. The van der Waals surface area contributed by atoms with E-state index in [0.29, 0.717) is 25.9 Å². The largest absolute Gasteiger partial charge is 0.354 e. The van der Waals surface area contributed by atoms with Crippen molar-refractivity contribution < 1.29 is 9.59 Å². The zero-order valence-electron chi connectivity index (χ0n) is 29.8. The zero-order chi connectivity index (χ0) is 32.2. The van der Waals surface area contributed by atoms with Crippen molar-refractivity contribution >= 4 is 11.8 Å². The predicted octanol–water partition coefficient (Wildman–Crippen LogP) is 10.5. The van der Waals surface area contributed by atoms with Gasteiger partial charge in [0.05, 0.1) is 0 Å². The number of carbonyl (C=O) groups excluding carboxylic acids is 2. The van der Waals surface area contributed by atoms with Crippen LogP contribution in [0.1, 0.15) is 194 Å². The van der Waals surface area contributed by atoms with E-state index < -0.39 is 6.04 Å². The van der Waals surface area contributed by atoms with Crippen LogP contribution in [-0.2, 0) is 9.59 Å². The van der Waals surface area contributed by atoms with Gasteiger partial charge >= 0.3 is 0 Å². The fourth-order valence-corrected chi connectivity index (χ4v) is 5.64. The standard InChI is InChI=1S/C39H75N3O2/c1-4-6-8-10-12-14-16-18-20-21-23-25-27-29-31-33-38(43)42-37(34-36-40-3)39(44)41-35-32-30-28-26-24-22-19-17-15-13-11-9-7-5-2/h18,21,37,40H,4-17,19,22-36H2,1-3H3,(H,41,44)(H,42,43). The Kier molecular flexibility index (Phi) is 34.6. The zero-order valence-corrected chi connectivity index (χ0v) is 29.8. The fraction of sp³-hybridized carbons (Fsp3) is 0.872. The van der Waals surface area contributed by atoms with E-state index in [0.717, 1.165) is 51.4 Å². The number of amides is 2. The molecular weight excluding hydrogens is 542 g/mol. The summed E-state index contributed by atoms with van der Waals surface area (Å²) in [5.41, 5.74) is 3.33. The van der Waals surface area contributed by atoms with Gasteiger partial charge in [0.1, 0.15) is 6.04 Å². The number of rotatable bonds is 34. The van der Waals surface area contributed by atoms with Gasteiger partial charge in [0.2, 0.25) is 11.8 Å². The van der Waals surface area contributed by atoms with Crippen molar-refractivity contribution in [1.82, 2.24) is 16.0 Å². The second-order valence-electron chi connectivity index (χ2n) is 13.0. The quantitative estimate of drug-likeness (QED) is 0.0497. The Morgan fingerprint density at radius 2 is 1.00 bits per heavy atom. The highest BCUT2D eigenvalue weighted by atomic mass is 16.2. The number of nitrogens with one attached hydrogen (secondary N) is 3. The van der Waals surface area contributed by atoms with Gasteiger partial charge in [-0.3, -0.25) is 9.59 Å². The average Bonchev–Trinajstić information content (AvgIpc) is 3.02. The van der Waals surface area contributed by atoms with Gasteiger partial charge < -0.3 is 16.0 Å². The highest BCUT2D eigenvalue weighted by Gasteiger charge is 2.19. The van der Waals surface area contributed by atoms with Crippen LogP contribution < -0.4 is 16.0 Å². The molecule has 0 bridgehead atoms. The molecule has 0 saturated heterocycles. The lowest BCUT2D eigenvalue weighted by Gasteiger charge is -2.18. The van der Waals surface area contributed by atoms with Crippen LogP contribution in [0.4, 0.5) is 0 Å². The Balaban J connectivity index is 3.82. The van der Waals surface area contributed by atoms with E-state index in [1.165, 1.54) is 116 Å². The summed E-state index contributed by atoms with van der Waals surface area (Å²) in [4.78, 5) is 25.3. The average molecular weight is 618 g/mol. The Hall–Kier alpha value is -1.58. The lowest BCUT2D eigenvalue weighted by molar-refractivity contribution is -0.129. The van der Waals surface area contributed by atoms with Crippen molar-refractivity contribution in [3.8, 4) is 0 Å². The second-order valence-corrected chi connectivity index (χ2v) is 13.0. The number of allylic oxidation sites excluding steroid dienone is 1. The summed E-state index contributed by atoms with van der Waals surface area (Å²) in [6.45, 7) is 5.94. The second kappa shape index (κ2) is 35.9. The molecule has 0 fully saturated rings. The first-order chi connectivity index (χ1) is 21.7. The molecule has 0 saturated carbocycles. The molecule has 0 aliphatic rings. The third-order valence-electron chi connectivity index (χ3n) is 8.60. The van der Waals surface area contributed by atoms with Crippen molar-refractivity contribution in [1.29, 1.82) is 0 Å². The molecule has 1 atom stereocenters. The summed E-state index contributed by atoms with van der Waals surface area (Å²) >= 11 is 0. The molecule has 5 heteroatoms. The highest BCUT2D eigenvalue weighted by Crippen LogP contribution is 2.13. The Labute approximate surface area is 274 Å². The van der Waals surface area contributed by atoms with Gasteiger partial charge in [-0.1, -0.05) is 142 Å². The molecule has 1 unspecified atom stereocenters. The van der Waals surface area contributed by atoms with E-state index >= 15 is 0 Å². The maximum Gasteiger partial charge on any atom is 0.242 e. The summed E-state index contributed by atoms with van der Waals surface area (Å²) < 4.78 is 0. The van der Waals surface area contributed by atoms with E-state index in [9.17, 15) is 9.59 Å². The monoisotopic (exact) mass is 618 g/mol. The lowest BCUT2D eigenvalue weighted by Crippen LogP contribution is -2.48. The van der Waals surface area contributed by atoms with Gasteiger partial charge in [0.15, 0.2) is 0 Å². The van der Waals surface area contributed by atoms with Crippen LogP contribution in [0.5, 0.6) is 0 Å². The minimum Gasteiger partial charge on any atom is -0.354 e. The van der Waals surface area contributed by atoms with E-state index in [2.05, 4.69) is 47.7 Å². The first kappa shape index (κ1) is 42.4. The minimum atomic E-state index is -0.449. The highest BCUT2D eigenvalue weighted by molar-refractivity contribution is 5.87. The number of hydrogen-bond acceptors (Lipinski definition) is 3. The van der Waals surface area contributed by atoms with Crippen molar-refractivity contribution in [2.24, 2.45) is 0 Å². The summed E-state index contributed by atoms with van der Waals surface area (Å²) in [5.74, 6) is -0.0464. The molecule has 0 aliphatic carbocycles. The van der Waals surface area contributed by atoms with Crippen LogP contribution in [0.2, 0.25) is 0 Å². The molecule has 0 spiro atoms. The third kappa shape index (κ3) is 31.8. The minimum absolute atomic E-state index is 0.00438. The normalized spacial score (nSPS) is 11.6. The molecule has 0 aliphatic heterocycles. The molecule has 258 valence electrons. The number of unbranched alkanes of at least 4 members (excludes halogenated alkanes) is 23. The topological polar surface area (TPSA) is 70.2 Å². The van der Waals surface area contributed by atoms with Crippen LogP contribution in [0.15, 0.2) is 17.9 Å². The maximum absolute atomic E-state index is 12.8. The maximum atomic E-state index is 12.8. The van der Waals surface area contributed by atoms with Gasteiger partial charge in [-0.05, 0) is 70.7 Å². The molecule has 2 amide bonds. The van der Waals surface area contributed by atoms with Crippen molar-refractivity contribution in [2.75, 3.05) is 20.1 Å². The Morgan fingerprint density at radius 1 is 0.568 bits per heavy atom. The molecule has 44 heavy (non-hydrogen) atoms. The first-order valence-electron chi connectivity index (χ1n) is 19.3. The van der Waals surface area contributed by atoms with Gasteiger partial charge in [-0.15, -0.1) is 5.73 Å². The van der Waals surface area contributed by atoms with Gasteiger partial charge in [-0.25, -0.2) is 0 Å². The van der Waals surface area contributed by atoms with E-state index in [-0.39, 0.29) is 11.8 Å². The Morgan fingerprint density at radius 3 is 1.48 bits per heavy atom. The lowest BCUT2D eigenvalue weighted by atomic mass is 10.0. The van der Waals surface area contributed by atoms with E-state index in [1.54, 1.807) is 0 Å². The molecular formula is C39H75N3O2. The van der Waals surface area contributed by atoms with Crippen LogP contribution in [0.25, 0.3) is 0 Å². The molecule has 0 aromatic carbocycles. The molecule has 0 radical (unpaired) electrons. The molecule has 0 aromatic heterocycles. The fourth-order valence-electron chi connectivity index (χ4n) is 5.64. The summed E-state index contributed by atoms with van der Waals surface area (Å²) in [5, 5.41) is 9.17. The SMILES string of the molecule is CCCCCCCCC=C=CCCCCCCC(=O)NC(CCNC)C(=O)NCCCCCCCCCCCCCCCC. The first-order valence-corrected chi connectivity index (χ1v) is 19.3. The van der Waals surface area contributed by atoms with Crippen LogP contribution in [0, 0.1) is 0 Å². The predicted molar refractivity (Wildman–Crippen MR) is 192 cm³/mol. The molecule has 0 aromatic rings. The van der Waals surface area contributed by atoms with Crippen LogP contribution >= 0.6 is 0 Å². The van der Waals surface area contributed by atoms with Gasteiger partial charge in [0, 0.05) is 13.0 Å². The van der Waals surface area contributed by atoms with Crippen LogP contribution in [-0.4, -0.2) is 38.0 Å². The van der Waals surface area contributed by atoms with Gasteiger partial charge in [-0.2, -0.15) is 0 Å². The molecule has 0 heterocycles. The molecule has 0 rings (SSSR count). The third-order valence-corrected chi connectivity index (χ3v) is 8.60. The van der Waals surface area contributed by atoms with E-state index in [1.807, 2.05) is 7.05 Å². The van der Waals surface area contributed by atoms with Crippen LogP contribution in [0.3, 0.4) is 0 Å².